The molecular formula is C15H19ClN4O3S. The van der Waals surface area contributed by atoms with Crippen molar-refractivity contribution in [3.63, 3.8) is 0 Å². The van der Waals surface area contributed by atoms with Gasteiger partial charge in [-0.3, -0.25) is 0 Å². The van der Waals surface area contributed by atoms with E-state index in [1.165, 1.54) is 4.31 Å². The highest BCUT2D eigenvalue weighted by Crippen LogP contribution is 2.24. The first kappa shape index (κ1) is 17.3. The third-order valence-electron chi connectivity index (χ3n) is 3.89. The van der Waals surface area contributed by atoms with E-state index in [1.807, 2.05) is 12.1 Å². The topological polar surface area (TPSA) is 88.3 Å². The molecule has 1 aliphatic heterocycles. The van der Waals surface area contributed by atoms with Crippen LogP contribution in [0.25, 0.3) is 11.4 Å². The van der Waals surface area contributed by atoms with Crippen LogP contribution in [0.2, 0.25) is 5.02 Å². The van der Waals surface area contributed by atoms with Gasteiger partial charge in [-0.1, -0.05) is 41.7 Å². The molecule has 0 bridgehead atoms. The Morgan fingerprint density at radius 3 is 2.58 bits per heavy atom. The number of hydrogen-bond acceptors (Lipinski definition) is 5. The molecule has 0 unspecified atom stereocenters. The number of hydrogen-bond donors (Lipinski definition) is 1. The van der Waals surface area contributed by atoms with E-state index in [-0.39, 0.29) is 12.4 Å². The van der Waals surface area contributed by atoms with Crippen molar-refractivity contribution in [2.45, 2.75) is 32.2 Å². The third-order valence-corrected chi connectivity index (χ3v) is 5.78. The highest BCUT2D eigenvalue weighted by Gasteiger charge is 2.23. The maximum absolute atomic E-state index is 12.3. The Hall–Kier alpha value is -1.48. The molecule has 0 radical (unpaired) electrons. The van der Waals surface area contributed by atoms with Crippen molar-refractivity contribution in [3.05, 3.63) is 35.2 Å². The van der Waals surface area contributed by atoms with Crippen LogP contribution < -0.4 is 4.72 Å². The molecule has 1 N–H and O–H groups in total. The van der Waals surface area contributed by atoms with Crippen molar-refractivity contribution in [2.75, 3.05) is 13.1 Å². The second-order valence-corrected chi connectivity index (χ2v) is 7.79. The van der Waals surface area contributed by atoms with E-state index in [0.717, 1.165) is 25.7 Å². The van der Waals surface area contributed by atoms with Crippen molar-refractivity contribution in [3.8, 4) is 11.4 Å². The molecule has 130 valence electrons. The van der Waals surface area contributed by atoms with Crippen LogP contribution in [0, 0.1) is 0 Å². The van der Waals surface area contributed by atoms with Crippen molar-refractivity contribution < 1.29 is 12.9 Å². The number of benzene rings is 1. The van der Waals surface area contributed by atoms with Gasteiger partial charge in [0.15, 0.2) is 0 Å². The second kappa shape index (κ2) is 7.60. The zero-order valence-electron chi connectivity index (χ0n) is 13.1. The summed E-state index contributed by atoms with van der Waals surface area (Å²) in [6, 6.07) is 7.13. The fraction of sp³-hybridized carbons (Fsp3) is 0.467. The van der Waals surface area contributed by atoms with E-state index >= 15 is 0 Å². The molecule has 0 atom stereocenters. The van der Waals surface area contributed by atoms with Crippen LogP contribution in [-0.2, 0) is 16.8 Å². The fourth-order valence-electron chi connectivity index (χ4n) is 2.60. The molecule has 1 aromatic carbocycles. The minimum atomic E-state index is -3.54. The quantitative estimate of drug-likeness (QED) is 0.873. The molecule has 1 fully saturated rings. The summed E-state index contributed by atoms with van der Waals surface area (Å²) >= 11 is 6.09. The average Bonchev–Trinajstić information content (AvgIpc) is 2.85. The Balaban J connectivity index is 1.66. The Labute approximate surface area is 146 Å². The van der Waals surface area contributed by atoms with E-state index in [2.05, 4.69) is 14.9 Å². The van der Waals surface area contributed by atoms with Crippen molar-refractivity contribution >= 4 is 21.8 Å². The Morgan fingerprint density at radius 1 is 1.17 bits per heavy atom. The molecule has 1 saturated heterocycles. The maximum Gasteiger partial charge on any atom is 0.279 e. The largest absolute Gasteiger partial charge is 0.338 e. The summed E-state index contributed by atoms with van der Waals surface area (Å²) in [5.74, 6) is 0.535. The van der Waals surface area contributed by atoms with Gasteiger partial charge in [0.25, 0.3) is 10.2 Å². The monoisotopic (exact) mass is 370 g/mol. The summed E-state index contributed by atoms with van der Waals surface area (Å²) in [5.41, 5.74) is 0.643. The Kier molecular flexibility index (Phi) is 5.50. The molecule has 2 heterocycles. The molecule has 0 amide bonds. The lowest BCUT2D eigenvalue weighted by Crippen LogP contribution is -2.40. The van der Waals surface area contributed by atoms with Gasteiger partial charge < -0.3 is 4.52 Å². The summed E-state index contributed by atoms with van der Waals surface area (Å²) in [6.45, 7) is 1.05. The number of nitrogens with zero attached hydrogens (tertiary/aromatic N) is 3. The number of aromatic nitrogens is 2. The summed E-state index contributed by atoms with van der Waals surface area (Å²) < 4.78 is 33.8. The zero-order valence-corrected chi connectivity index (χ0v) is 14.7. The zero-order chi connectivity index (χ0) is 17.0. The SMILES string of the molecule is O=S(=O)(NCc1nc(-c2ccccc2Cl)no1)N1CCCCCC1. The number of halogens is 1. The molecule has 3 rings (SSSR count). The minimum Gasteiger partial charge on any atom is -0.338 e. The lowest BCUT2D eigenvalue weighted by Gasteiger charge is -2.19. The first-order valence-electron chi connectivity index (χ1n) is 7.88. The number of rotatable bonds is 5. The van der Waals surface area contributed by atoms with Gasteiger partial charge in [0.2, 0.25) is 11.7 Å². The van der Waals surface area contributed by atoms with Crippen molar-refractivity contribution in [1.82, 2.24) is 19.2 Å². The standard InChI is InChI=1S/C15H19ClN4O3S/c16-13-8-4-3-7-12(13)15-18-14(23-19-15)11-17-24(21,22)20-9-5-1-2-6-10-20/h3-4,7-8,17H,1-2,5-6,9-11H2. The fourth-order valence-corrected chi connectivity index (χ4v) is 4.05. The molecule has 24 heavy (non-hydrogen) atoms. The van der Waals surface area contributed by atoms with Gasteiger partial charge in [-0.15, -0.1) is 0 Å². The second-order valence-electron chi connectivity index (χ2n) is 5.63. The molecular weight excluding hydrogens is 352 g/mol. The van der Waals surface area contributed by atoms with E-state index in [4.69, 9.17) is 16.1 Å². The summed E-state index contributed by atoms with van der Waals surface area (Å²) in [7, 11) is -3.54. The van der Waals surface area contributed by atoms with Gasteiger partial charge >= 0.3 is 0 Å². The normalized spacial score (nSPS) is 16.9. The predicted molar refractivity (Wildman–Crippen MR) is 90.5 cm³/mol. The Morgan fingerprint density at radius 2 is 1.88 bits per heavy atom. The average molecular weight is 371 g/mol. The van der Waals surface area contributed by atoms with Crippen molar-refractivity contribution in [1.29, 1.82) is 0 Å². The molecule has 1 aromatic heterocycles. The van der Waals surface area contributed by atoms with Crippen LogP contribution in [0.5, 0.6) is 0 Å². The van der Waals surface area contributed by atoms with Crippen LogP contribution in [-0.4, -0.2) is 36.0 Å². The van der Waals surface area contributed by atoms with Crippen molar-refractivity contribution in [2.24, 2.45) is 0 Å². The van der Waals surface area contributed by atoms with E-state index in [9.17, 15) is 8.42 Å². The molecule has 0 aliphatic carbocycles. The van der Waals surface area contributed by atoms with E-state index in [0.29, 0.717) is 29.5 Å². The van der Waals surface area contributed by atoms with Crippen LogP contribution in [0.1, 0.15) is 31.6 Å². The summed E-state index contributed by atoms with van der Waals surface area (Å²) in [6.07, 6.45) is 3.91. The first-order valence-corrected chi connectivity index (χ1v) is 9.70. The van der Waals surface area contributed by atoms with Crippen LogP contribution in [0.4, 0.5) is 0 Å². The van der Waals surface area contributed by atoms with E-state index < -0.39 is 10.2 Å². The molecule has 9 heteroatoms. The van der Waals surface area contributed by atoms with Gasteiger partial charge in [-0.2, -0.15) is 22.4 Å². The van der Waals surface area contributed by atoms with Gasteiger partial charge in [-0.05, 0) is 25.0 Å². The Bertz CT molecular complexity index is 786. The van der Waals surface area contributed by atoms with E-state index in [1.54, 1.807) is 12.1 Å². The maximum atomic E-state index is 12.3. The highest BCUT2D eigenvalue weighted by molar-refractivity contribution is 7.87. The third kappa shape index (κ3) is 4.13. The van der Waals surface area contributed by atoms with Crippen LogP contribution >= 0.6 is 11.6 Å². The van der Waals surface area contributed by atoms with Gasteiger partial charge in [0, 0.05) is 18.7 Å². The predicted octanol–water partition coefficient (Wildman–Crippen LogP) is 2.60. The molecule has 0 saturated carbocycles. The summed E-state index contributed by atoms with van der Waals surface area (Å²) in [5, 5.41) is 4.37. The van der Waals surface area contributed by atoms with Gasteiger partial charge in [-0.25, -0.2) is 0 Å². The molecule has 1 aliphatic rings. The number of nitrogens with one attached hydrogen (secondary N) is 1. The van der Waals surface area contributed by atoms with Gasteiger partial charge in [0.05, 0.1) is 11.6 Å². The first-order chi connectivity index (χ1) is 11.6. The summed E-state index contributed by atoms with van der Waals surface area (Å²) in [4.78, 5) is 4.20. The lowest BCUT2D eigenvalue weighted by atomic mass is 10.2. The molecule has 7 nitrogen and oxygen atoms in total. The molecule has 0 spiro atoms. The van der Waals surface area contributed by atoms with Gasteiger partial charge in [0.1, 0.15) is 0 Å². The van der Waals surface area contributed by atoms with Crippen LogP contribution in [0.3, 0.4) is 0 Å². The highest BCUT2D eigenvalue weighted by atomic mass is 35.5. The van der Waals surface area contributed by atoms with Crippen LogP contribution in [0.15, 0.2) is 28.8 Å². The lowest BCUT2D eigenvalue weighted by molar-refractivity contribution is 0.369. The minimum absolute atomic E-state index is 0.0454. The molecule has 2 aromatic rings. The smallest absolute Gasteiger partial charge is 0.279 e.